The van der Waals surface area contributed by atoms with Gasteiger partial charge in [-0.15, -0.1) is 0 Å². The van der Waals surface area contributed by atoms with Crippen LogP contribution in [0.5, 0.6) is 0 Å². The van der Waals surface area contributed by atoms with Crippen LogP contribution in [0, 0.1) is 17.1 Å². The summed E-state index contributed by atoms with van der Waals surface area (Å²) in [7, 11) is 1.49. The maximum absolute atomic E-state index is 13.7. The molecular formula is C16H17FN4O2. The Hall–Kier alpha value is -2.72. The average molecular weight is 316 g/mol. The number of imidazole rings is 1. The highest BCUT2D eigenvalue weighted by Gasteiger charge is 2.32. The van der Waals surface area contributed by atoms with Crippen LogP contribution in [0.1, 0.15) is 30.2 Å². The van der Waals surface area contributed by atoms with E-state index in [-0.39, 0.29) is 12.0 Å². The van der Waals surface area contributed by atoms with E-state index in [2.05, 4.69) is 4.98 Å². The third-order valence-electron chi connectivity index (χ3n) is 3.72. The number of ether oxygens (including phenoxy) is 1. The molecule has 0 spiro atoms. The fraction of sp³-hybridized carbons (Fsp3) is 0.312. The lowest BCUT2D eigenvalue weighted by Crippen LogP contribution is -2.33. The second kappa shape index (κ2) is 6.58. The van der Waals surface area contributed by atoms with E-state index >= 15 is 0 Å². The van der Waals surface area contributed by atoms with E-state index in [9.17, 15) is 9.18 Å². The van der Waals surface area contributed by atoms with Crippen LogP contribution in [0.25, 0.3) is 0 Å². The minimum absolute atomic E-state index is 0.00305. The number of methoxy groups -OCH3 is 1. The zero-order valence-electron chi connectivity index (χ0n) is 12.9. The molecule has 1 heterocycles. The summed E-state index contributed by atoms with van der Waals surface area (Å²) in [5, 5.41) is 8.77. The van der Waals surface area contributed by atoms with E-state index in [1.165, 1.54) is 19.2 Å². The number of carbonyl (C=O) groups excluding carboxylic acids is 1. The minimum Gasteiger partial charge on any atom is -0.372 e. The molecule has 1 amide bonds. The van der Waals surface area contributed by atoms with Crippen LogP contribution in [-0.2, 0) is 21.7 Å². The molecule has 6 nitrogen and oxygen atoms in total. The van der Waals surface area contributed by atoms with Gasteiger partial charge in [-0.2, -0.15) is 5.26 Å². The molecule has 1 atom stereocenters. The number of primary amides is 1. The molecule has 1 aromatic carbocycles. The van der Waals surface area contributed by atoms with Crippen molar-refractivity contribution in [1.82, 2.24) is 9.55 Å². The van der Waals surface area contributed by atoms with Crippen molar-refractivity contribution in [3.8, 4) is 6.07 Å². The molecule has 0 aliphatic rings. The Morgan fingerprint density at radius 1 is 1.57 bits per heavy atom. The summed E-state index contributed by atoms with van der Waals surface area (Å²) in [5.41, 5.74) is 5.68. The Labute approximate surface area is 133 Å². The molecule has 23 heavy (non-hydrogen) atoms. The molecule has 0 aliphatic carbocycles. The van der Waals surface area contributed by atoms with Gasteiger partial charge in [0.25, 0.3) is 0 Å². The van der Waals surface area contributed by atoms with E-state index in [4.69, 9.17) is 15.7 Å². The zero-order chi connectivity index (χ0) is 17.0. The van der Waals surface area contributed by atoms with Crippen molar-refractivity contribution in [3.05, 3.63) is 53.4 Å². The van der Waals surface area contributed by atoms with Crippen molar-refractivity contribution < 1.29 is 13.9 Å². The smallest absolute Gasteiger partial charge is 0.220 e. The number of halogens is 1. The Bertz CT molecular complexity index is 766. The third-order valence-corrected chi connectivity index (χ3v) is 3.72. The summed E-state index contributed by atoms with van der Waals surface area (Å²) < 4.78 is 20.9. The first-order valence-electron chi connectivity index (χ1n) is 6.92. The van der Waals surface area contributed by atoms with Crippen molar-refractivity contribution in [1.29, 1.82) is 5.26 Å². The molecule has 0 radical (unpaired) electrons. The van der Waals surface area contributed by atoms with Crippen molar-refractivity contribution in [2.75, 3.05) is 7.11 Å². The molecule has 0 saturated heterocycles. The van der Waals surface area contributed by atoms with Crippen LogP contribution in [0.3, 0.4) is 0 Å². The van der Waals surface area contributed by atoms with Crippen molar-refractivity contribution in [2.45, 2.75) is 25.5 Å². The number of aromatic nitrogens is 2. The molecule has 1 aromatic heterocycles. The summed E-state index contributed by atoms with van der Waals surface area (Å²) >= 11 is 0. The van der Waals surface area contributed by atoms with Crippen molar-refractivity contribution in [3.63, 3.8) is 0 Å². The lowest BCUT2D eigenvalue weighted by Gasteiger charge is -2.28. The number of nitriles is 1. The van der Waals surface area contributed by atoms with Crippen LogP contribution >= 0.6 is 0 Å². The maximum Gasteiger partial charge on any atom is 0.220 e. The predicted octanol–water partition coefficient (Wildman–Crippen LogP) is 1.68. The summed E-state index contributed by atoms with van der Waals surface area (Å²) in [6, 6.07) is 6.19. The molecule has 0 aliphatic heterocycles. The highest BCUT2D eigenvalue weighted by Crippen LogP contribution is 2.28. The maximum atomic E-state index is 13.7. The summed E-state index contributed by atoms with van der Waals surface area (Å²) in [4.78, 5) is 15.4. The van der Waals surface area contributed by atoms with Gasteiger partial charge in [0.05, 0.1) is 30.2 Å². The highest BCUT2D eigenvalue weighted by molar-refractivity contribution is 5.75. The van der Waals surface area contributed by atoms with Crippen LogP contribution < -0.4 is 5.73 Å². The Morgan fingerprint density at radius 3 is 2.87 bits per heavy atom. The number of nitrogens with two attached hydrogens (primary N) is 1. The van der Waals surface area contributed by atoms with Gasteiger partial charge in [0, 0.05) is 13.7 Å². The molecule has 2 aromatic rings. The standard InChI is InChI=1S/C16H17FN4O2/c1-16(23-2,6-15(19)22)14-8-20-10-21(14)9-11-3-4-12(7-18)13(17)5-11/h3-5,8,10H,6,9H2,1-2H3,(H2,19,22). The van der Waals surface area contributed by atoms with Gasteiger partial charge in [0.15, 0.2) is 0 Å². The first-order valence-corrected chi connectivity index (χ1v) is 6.92. The van der Waals surface area contributed by atoms with Crippen LogP contribution in [-0.4, -0.2) is 22.6 Å². The Balaban J connectivity index is 2.33. The highest BCUT2D eigenvalue weighted by atomic mass is 19.1. The largest absolute Gasteiger partial charge is 0.372 e. The van der Waals surface area contributed by atoms with Gasteiger partial charge < -0.3 is 15.0 Å². The number of nitrogens with zero attached hydrogens (tertiary/aromatic N) is 3. The van der Waals surface area contributed by atoms with Gasteiger partial charge in [-0.3, -0.25) is 4.79 Å². The average Bonchev–Trinajstić information content (AvgIpc) is 2.95. The van der Waals surface area contributed by atoms with Gasteiger partial charge in [-0.1, -0.05) is 6.07 Å². The molecule has 1 unspecified atom stereocenters. The van der Waals surface area contributed by atoms with Crippen LogP contribution in [0.4, 0.5) is 4.39 Å². The predicted molar refractivity (Wildman–Crippen MR) is 80.6 cm³/mol. The molecule has 0 saturated carbocycles. The second-order valence-electron chi connectivity index (χ2n) is 5.41. The van der Waals surface area contributed by atoms with Gasteiger partial charge in [0.1, 0.15) is 17.5 Å². The molecule has 0 bridgehead atoms. The third kappa shape index (κ3) is 3.55. The SMILES string of the molecule is COC(C)(CC(N)=O)c1cncn1Cc1ccc(C#N)c(F)c1. The van der Waals surface area contributed by atoms with E-state index < -0.39 is 17.3 Å². The monoisotopic (exact) mass is 316 g/mol. The lowest BCUT2D eigenvalue weighted by molar-refractivity contribution is -0.124. The van der Waals surface area contributed by atoms with Gasteiger partial charge >= 0.3 is 0 Å². The van der Waals surface area contributed by atoms with Gasteiger partial charge in [0.2, 0.25) is 5.91 Å². The molecule has 0 fully saturated rings. The Morgan fingerprint density at radius 2 is 2.30 bits per heavy atom. The number of hydrogen-bond donors (Lipinski definition) is 1. The normalized spacial score (nSPS) is 13.3. The second-order valence-corrected chi connectivity index (χ2v) is 5.41. The van der Waals surface area contributed by atoms with Gasteiger partial charge in [-0.05, 0) is 24.6 Å². The molecular weight excluding hydrogens is 299 g/mol. The molecule has 7 heteroatoms. The number of carbonyl (C=O) groups is 1. The molecule has 2 rings (SSSR count). The molecule has 120 valence electrons. The van der Waals surface area contributed by atoms with E-state index in [1.54, 1.807) is 36.2 Å². The van der Waals surface area contributed by atoms with Gasteiger partial charge in [-0.25, -0.2) is 9.37 Å². The Kier molecular flexibility index (Phi) is 4.77. The van der Waals surface area contributed by atoms with Crippen LogP contribution in [0.2, 0.25) is 0 Å². The number of rotatable bonds is 6. The first kappa shape index (κ1) is 16.6. The molecule has 2 N–H and O–H groups in total. The summed E-state index contributed by atoms with van der Waals surface area (Å²) in [6.45, 7) is 2.07. The van der Waals surface area contributed by atoms with E-state index in [1.807, 2.05) is 0 Å². The summed E-state index contributed by atoms with van der Waals surface area (Å²) in [6.07, 6.45) is 3.16. The quantitative estimate of drug-likeness (QED) is 0.877. The topological polar surface area (TPSA) is 93.9 Å². The summed E-state index contributed by atoms with van der Waals surface area (Å²) in [5.74, 6) is -1.06. The number of amides is 1. The fourth-order valence-corrected chi connectivity index (χ4v) is 2.43. The lowest BCUT2D eigenvalue weighted by atomic mass is 9.97. The van der Waals surface area contributed by atoms with E-state index in [0.29, 0.717) is 17.8 Å². The number of hydrogen-bond acceptors (Lipinski definition) is 4. The van der Waals surface area contributed by atoms with E-state index in [0.717, 1.165) is 0 Å². The number of benzene rings is 1. The first-order chi connectivity index (χ1) is 10.9. The van der Waals surface area contributed by atoms with Crippen LogP contribution in [0.15, 0.2) is 30.7 Å². The minimum atomic E-state index is -0.923. The van der Waals surface area contributed by atoms with Crippen molar-refractivity contribution in [2.24, 2.45) is 5.73 Å². The fourth-order valence-electron chi connectivity index (χ4n) is 2.43. The zero-order valence-corrected chi connectivity index (χ0v) is 12.9. The van der Waals surface area contributed by atoms with Crippen molar-refractivity contribution >= 4 is 5.91 Å².